The summed E-state index contributed by atoms with van der Waals surface area (Å²) >= 11 is 0. The van der Waals surface area contributed by atoms with Crippen molar-refractivity contribution in [1.82, 2.24) is 15.0 Å². The predicted octanol–water partition coefficient (Wildman–Crippen LogP) is 4.58. The van der Waals surface area contributed by atoms with Gasteiger partial charge in [0.25, 0.3) is 0 Å². The standard InChI is InChI=1S/C22H17N7/c23-10-7-15-3-1-5-17(13-15)26-21-19-9-12-25-20(19)28-22(29-21)27-18-6-2-4-16(14-18)8-11-24/h1-6,9,12-14H,7-8H2,(H3,25,26,27,28,29). The van der Waals surface area contributed by atoms with Gasteiger partial charge in [0.1, 0.15) is 11.5 Å². The smallest absolute Gasteiger partial charge is 0.231 e. The minimum absolute atomic E-state index is 0.345. The van der Waals surface area contributed by atoms with E-state index < -0.39 is 0 Å². The van der Waals surface area contributed by atoms with Gasteiger partial charge in [-0.05, 0) is 41.5 Å². The Kier molecular flexibility index (Phi) is 5.04. The molecule has 2 heterocycles. The SMILES string of the molecule is N#CCc1cccc(Nc2nc(Nc3cccc(CC#N)c3)c3cc[nH]c3n2)c1. The molecule has 0 bridgehead atoms. The van der Waals surface area contributed by atoms with E-state index in [-0.39, 0.29) is 0 Å². The number of rotatable bonds is 6. The van der Waals surface area contributed by atoms with Crippen LogP contribution < -0.4 is 10.6 Å². The molecule has 2 aromatic carbocycles. The van der Waals surface area contributed by atoms with Gasteiger partial charge >= 0.3 is 0 Å². The van der Waals surface area contributed by atoms with Crippen molar-refractivity contribution in [2.24, 2.45) is 0 Å². The van der Waals surface area contributed by atoms with Crippen LogP contribution in [0.3, 0.4) is 0 Å². The molecule has 3 N–H and O–H groups in total. The van der Waals surface area contributed by atoms with E-state index in [0.717, 1.165) is 27.9 Å². The van der Waals surface area contributed by atoms with Crippen molar-refractivity contribution in [3.05, 3.63) is 71.9 Å². The van der Waals surface area contributed by atoms with Gasteiger partial charge in [0.15, 0.2) is 0 Å². The molecule has 0 saturated heterocycles. The summed E-state index contributed by atoms with van der Waals surface area (Å²) in [5.74, 6) is 1.09. The first-order chi connectivity index (χ1) is 14.2. The van der Waals surface area contributed by atoms with Crippen LogP contribution in [-0.2, 0) is 12.8 Å². The number of nitrogens with one attached hydrogen (secondary N) is 3. The van der Waals surface area contributed by atoms with Crippen molar-refractivity contribution in [2.75, 3.05) is 10.6 Å². The number of benzene rings is 2. The maximum Gasteiger partial charge on any atom is 0.231 e. The Morgan fingerprint density at radius 3 is 2.14 bits per heavy atom. The van der Waals surface area contributed by atoms with Gasteiger partial charge in [0.2, 0.25) is 5.95 Å². The van der Waals surface area contributed by atoms with Crippen LogP contribution in [0, 0.1) is 22.7 Å². The zero-order valence-corrected chi connectivity index (χ0v) is 15.5. The molecule has 0 aliphatic carbocycles. The van der Waals surface area contributed by atoms with E-state index >= 15 is 0 Å². The highest BCUT2D eigenvalue weighted by Crippen LogP contribution is 2.26. The summed E-state index contributed by atoms with van der Waals surface area (Å²) in [6.07, 6.45) is 2.51. The Hall–Kier alpha value is -4.36. The third kappa shape index (κ3) is 4.15. The molecular weight excluding hydrogens is 362 g/mol. The van der Waals surface area contributed by atoms with Crippen LogP contribution in [0.15, 0.2) is 60.8 Å². The van der Waals surface area contributed by atoms with Crippen molar-refractivity contribution < 1.29 is 0 Å². The first-order valence-electron chi connectivity index (χ1n) is 9.06. The minimum Gasteiger partial charge on any atom is -0.346 e. The first-order valence-corrected chi connectivity index (χ1v) is 9.06. The van der Waals surface area contributed by atoms with Gasteiger partial charge in [-0.3, -0.25) is 0 Å². The van der Waals surface area contributed by atoms with Crippen LogP contribution in [0.4, 0.5) is 23.1 Å². The molecule has 0 aliphatic heterocycles. The molecule has 4 aromatic rings. The molecular formula is C22H17N7. The van der Waals surface area contributed by atoms with Crippen LogP contribution in [-0.4, -0.2) is 15.0 Å². The van der Waals surface area contributed by atoms with E-state index in [1.54, 1.807) is 0 Å². The quantitative estimate of drug-likeness (QED) is 0.452. The first kappa shape index (κ1) is 18.0. The Bertz CT molecular complexity index is 1240. The maximum absolute atomic E-state index is 8.92. The third-order valence-corrected chi connectivity index (χ3v) is 4.35. The number of anilines is 4. The summed E-state index contributed by atoms with van der Waals surface area (Å²) in [6.45, 7) is 0. The lowest BCUT2D eigenvalue weighted by Gasteiger charge is -2.11. The largest absolute Gasteiger partial charge is 0.346 e. The van der Waals surface area contributed by atoms with E-state index in [1.807, 2.05) is 60.8 Å². The lowest BCUT2D eigenvalue weighted by molar-refractivity contribution is 1.19. The molecule has 0 fully saturated rings. The topological polar surface area (TPSA) is 113 Å². The van der Waals surface area contributed by atoms with E-state index in [1.165, 1.54) is 0 Å². The molecule has 0 amide bonds. The summed E-state index contributed by atoms with van der Waals surface area (Å²) in [5, 5.41) is 25.2. The average molecular weight is 379 g/mol. The van der Waals surface area contributed by atoms with Gasteiger partial charge in [-0.15, -0.1) is 0 Å². The minimum atomic E-state index is 0.345. The number of aromatic amines is 1. The fraction of sp³-hybridized carbons (Fsp3) is 0.0909. The predicted molar refractivity (Wildman–Crippen MR) is 112 cm³/mol. The fourth-order valence-corrected chi connectivity index (χ4v) is 3.06. The van der Waals surface area contributed by atoms with Gasteiger partial charge in [-0.1, -0.05) is 24.3 Å². The summed E-state index contributed by atoms with van der Waals surface area (Å²) in [7, 11) is 0. The molecule has 29 heavy (non-hydrogen) atoms. The number of hydrogen-bond donors (Lipinski definition) is 3. The lowest BCUT2D eigenvalue weighted by Crippen LogP contribution is -2.02. The molecule has 140 valence electrons. The Labute approximate surface area is 167 Å². The fourth-order valence-electron chi connectivity index (χ4n) is 3.06. The van der Waals surface area contributed by atoms with E-state index in [9.17, 15) is 0 Å². The van der Waals surface area contributed by atoms with Crippen LogP contribution in [0.1, 0.15) is 11.1 Å². The zero-order chi connectivity index (χ0) is 20.1. The molecule has 7 heteroatoms. The van der Waals surface area contributed by atoms with Gasteiger partial charge in [0.05, 0.1) is 30.4 Å². The third-order valence-electron chi connectivity index (χ3n) is 4.35. The second kappa shape index (κ2) is 8.12. The van der Waals surface area contributed by atoms with E-state index in [4.69, 9.17) is 10.5 Å². The second-order valence-electron chi connectivity index (χ2n) is 6.46. The molecule has 0 unspecified atom stereocenters. The highest BCUT2D eigenvalue weighted by Gasteiger charge is 2.10. The van der Waals surface area contributed by atoms with Crippen LogP contribution >= 0.6 is 0 Å². The van der Waals surface area contributed by atoms with E-state index in [2.05, 4.69) is 37.7 Å². The number of hydrogen-bond acceptors (Lipinski definition) is 6. The van der Waals surface area contributed by atoms with Crippen LogP contribution in [0.25, 0.3) is 11.0 Å². The van der Waals surface area contributed by atoms with Crippen LogP contribution in [0.5, 0.6) is 0 Å². The van der Waals surface area contributed by atoms with Crippen molar-refractivity contribution >= 4 is 34.2 Å². The monoisotopic (exact) mass is 379 g/mol. The number of aromatic nitrogens is 3. The van der Waals surface area contributed by atoms with Gasteiger partial charge in [-0.25, -0.2) is 0 Å². The Morgan fingerprint density at radius 2 is 1.48 bits per heavy atom. The van der Waals surface area contributed by atoms with Gasteiger partial charge in [-0.2, -0.15) is 20.5 Å². The van der Waals surface area contributed by atoms with Gasteiger partial charge in [0, 0.05) is 17.6 Å². The Balaban J connectivity index is 1.66. The molecule has 0 atom stereocenters. The number of nitriles is 2. The molecule has 0 radical (unpaired) electrons. The average Bonchev–Trinajstić information content (AvgIpc) is 3.18. The molecule has 7 nitrogen and oxygen atoms in total. The second-order valence-corrected chi connectivity index (χ2v) is 6.46. The van der Waals surface area contributed by atoms with Crippen molar-refractivity contribution in [3.8, 4) is 12.1 Å². The van der Waals surface area contributed by atoms with E-state index in [0.29, 0.717) is 30.3 Å². The highest BCUT2D eigenvalue weighted by molar-refractivity contribution is 5.90. The Morgan fingerprint density at radius 1 is 0.828 bits per heavy atom. The van der Waals surface area contributed by atoms with Crippen LogP contribution in [0.2, 0.25) is 0 Å². The lowest BCUT2D eigenvalue weighted by atomic mass is 10.1. The van der Waals surface area contributed by atoms with Crippen molar-refractivity contribution in [2.45, 2.75) is 12.8 Å². The van der Waals surface area contributed by atoms with Crippen molar-refractivity contribution in [1.29, 1.82) is 10.5 Å². The number of H-pyrrole nitrogens is 1. The molecule has 0 saturated carbocycles. The zero-order valence-electron chi connectivity index (χ0n) is 15.5. The summed E-state index contributed by atoms with van der Waals surface area (Å²) < 4.78 is 0. The molecule has 2 aromatic heterocycles. The normalized spacial score (nSPS) is 10.3. The highest BCUT2D eigenvalue weighted by atomic mass is 15.2. The van der Waals surface area contributed by atoms with Crippen molar-refractivity contribution in [3.63, 3.8) is 0 Å². The summed E-state index contributed by atoms with van der Waals surface area (Å²) in [4.78, 5) is 12.3. The summed E-state index contributed by atoms with van der Waals surface area (Å²) in [5.41, 5.74) is 4.22. The molecule has 4 rings (SSSR count). The maximum atomic E-state index is 8.92. The molecule has 0 spiro atoms. The molecule has 0 aliphatic rings. The van der Waals surface area contributed by atoms with Gasteiger partial charge < -0.3 is 15.6 Å². The summed E-state index contributed by atoms with van der Waals surface area (Å²) in [6, 6.07) is 21.5. The number of nitrogens with zero attached hydrogens (tertiary/aromatic N) is 4. The number of fused-ring (bicyclic) bond motifs is 1.